The van der Waals surface area contributed by atoms with Crippen LogP contribution in [-0.4, -0.2) is 5.11 Å². The molecule has 0 atom stereocenters. The maximum atomic E-state index is 10.1. The molecule has 106 valence electrons. The summed E-state index contributed by atoms with van der Waals surface area (Å²) in [6.07, 6.45) is 0. The lowest BCUT2D eigenvalue weighted by Crippen LogP contribution is -2.02. The standard InChI is InChI=1S/C18H16ClNO/c1-12-16(19)7-4-8-17(12)20-11-15-14-6-3-2-5-13(14)9-10-18(15)21/h2-10,20-21H,11H2,1H3. The van der Waals surface area contributed by atoms with Gasteiger partial charge < -0.3 is 10.4 Å². The van der Waals surface area contributed by atoms with Crippen molar-refractivity contribution in [2.45, 2.75) is 13.5 Å². The highest BCUT2D eigenvalue weighted by atomic mass is 35.5. The molecule has 3 aromatic rings. The maximum absolute atomic E-state index is 10.1. The maximum Gasteiger partial charge on any atom is 0.121 e. The molecule has 3 heteroatoms. The molecule has 0 aliphatic heterocycles. The zero-order valence-corrected chi connectivity index (χ0v) is 12.5. The molecular formula is C18H16ClNO. The Hall–Kier alpha value is -2.19. The van der Waals surface area contributed by atoms with Gasteiger partial charge in [-0.25, -0.2) is 0 Å². The number of aromatic hydroxyl groups is 1. The Morgan fingerprint density at radius 1 is 1.00 bits per heavy atom. The van der Waals surface area contributed by atoms with Gasteiger partial charge in [-0.1, -0.05) is 48.0 Å². The molecule has 0 aliphatic rings. The molecule has 0 saturated heterocycles. The summed E-state index contributed by atoms with van der Waals surface area (Å²) in [5, 5.41) is 16.4. The van der Waals surface area contributed by atoms with Crippen molar-refractivity contribution in [2.24, 2.45) is 0 Å². The molecule has 3 rings (SSSR count). The molecule has 0 aromatic heterocycles. The van der Waals surface area contributed by atoms with Gasteiger partial charge in [0.05, 0.1) is 0 Å². The van der Waals surface area contributed by atoms with Gasteiger partial charge >= 0.3 is 0 Å². The van der Waals surface area contributed by atoms with E-state index in [1.165, 1.54) is 0 Å². The number of rotatable bonds is 3. The van der Waals surface area contributed by atoms with Gasteiger partial charge in [0, 0.05) is 22.8 Å². The molecule has 0 unspecified atom stereocenters. The number of halogens is 1. The Labute approximate surface area is 129 Å². The monoisotopic (exact) mass is 297 g/mol. The number of nitrogens with one attached hydrogen (secondary N) is 1. The van der Waals surface area contributed by atoms with Crippen LogP contribution in [0.2, 0.25) is 5.02 Å². The molecule has 0 amide bonds. The third-order valence-corrected chi connectivity index (χ3v) is 4.15. The van der Waals surface area contributed by atoms with Crippen LogP contribution in [0.15, 0.2) is 54.6 Å². The van der Waals surface area contributed by atoms with E-state index in [1.54, 1.807) is 6.07 Å². The first-order valence-electron chi connectivity index (χ1n) is 6.85. The number of anilines is 1. The molecule has 0 heterocycles. The first-order valence-corrected chi connectivity index (χ1v) is 7.23. The van der Waals surface area contributed by atoms with E-state index in [1.807, 2.05) is 55.5 Å². The van der Waals surface area contributed by atoms with Crippen molar-refractivity contribution in [3.63, 3.8) is 0 Å². The summed E-state index contributed by atoms with van der Waals surface area (Å²) in [5.41, 5.74) is 2.89. The molecule has 2 nitrogen and oxygen atoms in total. The Kier molecular flexibility index (Phi) is 3.72. The van der Waals surface area contributed by atoms with Crippen LogP contribution in [0.5, 0.6) is 5.75 Å². The quantitative estimate of drug-likeness (QED) is 0.703. The predicted octanol–water partition coefficient (Wildman–Crippen LogP) is 5.12. The van der Waals surface area contributed by atoms with Crippen LogP contribution in [0, 0.1) is 6.92 Å². The van der Waals surface area contributed by atoms with Crippen molar-refractivity contribution in [3.05, 3.63) is 70.7 Å². The van der Waals surface area contributed by atoms with E-state index >= 15 is 0 Å². The van der Waals surface area contributed by atoms with Crippen LogP contribution in [0.25, 0.3) is 10.8 Å². The Morgan fingerprint density at radius 3 is 2.67 bits per heavy atom. The van der Waals surface area contributed by atoms with Gasteiger partial charge in [-0.2, -0.15) is 0 Å². The molecule has 2 N–H and O–H groups in total. The van der Waals surface area contributed by atoms with E-state index in [0.717, 1.165) is 32.6 Å². The van der Waals surface area contributed by atoms with Crippen molar-refractivity contribution in [1.29, 1.82) is 0 Å². The van der Waals surface area contributed by atoms with Crippen molar-refractivity contribution in [2.75, 3.05) is 5.32 Å². The lowest BCUT2D eigenvalue weighted by molar-refractivity contribution is 0.470. The summed E-state index contributed by atoms with van der Waals surface area (Å²) in [7, 11) is 0. The van der Waals surface area contributed by atoms with Crippen molar-refractivity contribution in [1.82, 2.24) is 0 Å². The number of fused-ring (bicyclic) bond motifs is 1. The van der Waals surface area contributed by atoms with Crippen LogP contribution in [0.1, 0.15) is 11.1 Å². The van der Waals surface area contributed by atoms with Crippen molar-refractivity contribution >= 4 is 28.1 Å². The van der Waals surface area contributed by atoms with Crippen LogP contribution >= 0.6 is 11.6 Å². The lowest BCUT2D eigenvalue weighted by Gasteiger charge is -2.13. The predicted molar refractivity (Wildman–Crippen MR) is 89.1 cm³/mol. The highest BCUT2D eigenvalue weighted by molar-refractivity contribution is 6.31. The third kappa shape index (κ3) is 2.67. The van der Waals surface area contributed by atoms with Crippen LogP contribution < -0.4 is 5.32 Å². The van der Waals surface area contributed by atoms with Crippen LogP contribution in [0.4, 0.5) is 5.69 Å². The van der Waals surface area contributed by atoms with Gasteiger partial charge in [-0.3, -0.25) is 0 Å². The van der Waals surface area contributed by atoms with E-state index in [2.05, 4.69) is 5.32 Å². The highest BCUT2D eigenvalue weighted by Crippen LogP contribution is 2.29. The fraction of sp³-hybridized carbons (Fsp3) is 0.111. The fourth-order valence-corrected chi connectivity index (χ4v) is 2.67. The summed E-state index contributed by atoms with van der Waals surface area (Å²) >= 11 is 6.13. The minimum atomic E-state index is 0.306. The molecular weight excluding hydrogens is 282 g/mol. The van der Waals surface area contributed by atoms with Gasteiger partial charge in [0.1, 0.15) is 5.75 Å². The van der Waals surface area contributed by atoms with Crippen molar-refractivity contribution in [3.8, 4) is 5.75 Å². The molecule has 0 bridgehead atoms. The number of hydrogen-bond donors (Lipinski definition) is 2. The minimum Gasteiger partial charge on any atom is -0.508 e. The second-order valence-corrected chi connectivity index (χ2v) is 5.46. The normalized spacial score (nSPS) is 10.8. The second kappa shape index (κ2) is 5.66. The van der Waals surface area contributed by atoms with E-state index < -0.39 is 0 Å². The number of benzene rings is 3. The number of phenols is 1. The Bertz CT molecular complexity index is 798. The summed E-state index contributed by atoms with van der Waals surface area (Å²) in [6, 6.07) is 17.5. The topological polar surface area (TPSA) is 32.3 Å². The first kappa shape index (κ1) is 13.8. The van der Waals surface area contributed by atoms with Crippen LogP contribution in [0.3, 0.4) is 0 Å². The number of hydrogen-bond acceptors (Lipinski definition) is 2. The summed E-state index contributed by atoms with van der Waals surface area (Å²) in [6.45, 7) is 2.53. The Morgan fingerprint density at radius 2 is 1.81 bits per heavy atom. The largest absolute Gasteiger partial charge is 0.508 e. The third-order valence-electron chi connectivity index (χ3n) is 3.74. The summed E-state index contributed by atoms with van der Waals surface area (Å²) < 4.78 is 0. The molecule has 0 radical (unpaired) electrons. The van der Waals surface area contributed by atoms with Gasteiger partial charge in [-0.15, -0.1) is 0 Å². The first-order chi connectivity index (χ1) is 10.2. The smallest absolute Gasteiger partial charge is 0.121 e. The average molecular weight is 298 g/mol. The SMILES string of the molecule is Cc1c(Cl)cccc1NCc1c(O)ccc2ccccc12. The molecule has 21 heavy (non-hydrogen) atoms. The second-order valence-electron chi connectivity index (χ2n) is 5.05. The van der Waals surface area contributed by atoms with Crippen molar-refractivity contribution < 1.29 is 5.11 Å². The van der Waals surface area contributed by atoms with Crippen LogP contribution in [-0.2, 0) is 6.54 Å². The molecule has 0 spiro atoms. The summed E-state index contributed by atoms with van der Waals surface area (Å²) in [4.78, 5) is 0. The molecule has 0 saturated carbocycles. The van der Waals surface area contributed by atoms with E-state index in [-0.39, 0.29) is 0 Å². The zero-order chi connectivity index (χ0) is 14.8. The van der Waals surface area contributed by atoms with Gasteiger partial charge in [0.15, 0.2) is 0 Å². The summed E-state index contributed by atoms with van der Waals surface area (Å²) in [5.74, 6) is 0.306. The molecule has 0 fully saturated rings. The van der Waals surface area contributed by atoms with E-state index in [0.29, 0.717) is 12.3 Å². The van der Waals surface area contributed by atoms with Gasteiger partial charge in [0.2, 0.25) is 0 Å². The lowest BCUT2D eigenvalue weighted by atomic mass is 10.0. The zero-order valence-electron chi connectivity index (χ0n) is 11.7. The van der Waals surface area contributed by atoms with Gasteiger partial charge in [0.25, 0.3) is 0 Å². The molecule has 0 aliphatic carbocycles. The van der Waals surface area contributed by atoms with E-state index in [4.69, 9.17) is 11.6 Å². The van der Waals surface area contributed by atoms with Gasteiger partial charge in [-0.05, 0) is 41.5 Å². The van der Waals surface area contributed by atoms with E-state index in [9.17, 15) is 5.11 Å². The average Bonchev–Trinajstić information content (AvgIpc) is 2.50. The number of phenolic OH excluding ortho intramolecular Hbond substituents is 1. The Balaban J connectivity index is 1.95. The fourth-order valence-electron chi connectivity index (χ4n) is 2.49. The molecule has 3 aromatic carbocycles. The minimum absolute atomic E-state index is 0.306. The highest BCUT2D eigenvalue weighted by Gasteiger charge is 2.08.